The summed E-state index contributed by atoms with van der Waals surface area (Å²) >= 11 is 0. The van der Waals surface area contributed by atoms with Crippen molar-refractivity contribution < 1.29 is 33.0 Å². The molecule has 172 valence electrons. The van der Waals surface area contributed by atoms with Gasteiger partial charge in [0.2, 0.25) is 6.29 Å². The monoisotopic (exact) mass is 466 g/mol. The molecule has 0 aromatic heterocycles. The van der Waals surface area contributed by atoms with Crippen LogP contribution in [0.3, 0.4) is 0 Å². The Balaban J connectivity index is 4.92. The summed E-state index contributed by atoms with van der Waals surface area (Å²) in [6, 6.07) is 0. The maximum absolute atomic E-state index is 11.9. The van der Waals surface area contributed by atoms with E-state index < -0.39 is 40.4 Å². The lowest BCUT2D eigenvalue weighted by atomic mass is 10.3. The Morgan fingerprint density at radius 1 is 1.07 bits per heavy atom. The highest BCUT2D eigenvalue weighted by Gasteiger charge is 2.36. The molecule has 0 rings (SSSR count). The van der Waals surface area contributed by atoms with Crippen LogP contribution in [0.1, 0.15) is 26.7 Å². The molecule has 2 unspecified atom stereocenters. The Hall–Kier alpha value is -0.339. The fourth-order valence-corrected chi connectivity index (χ4v) is 9.79. The molecule has 10 heteroatoms. The molecule has 0 spiro atoms. The van der Waals surface area contributed by atoms with Gasteiger partial charge in [0.05, 0.1) is 30.1 Å². The van der Waals surface area contributed by atoms with Gasteiger partial charge in [-0.2, -0.15) is 0 Å². The summed E-state index contributed by atoms with van der Waals surface area (Å²) in [6.07, 6.45) is 0.0420. The summed E-state index contributed by atoms with van der Waals surface area (Å²) in [6.45, 7) is 20.3. The number of hydrogen-bond donors (Lipinski definition) is 1. The first-order chi connectivity index (χ1) is 13.1. The van der Waals surface area contributed by atoms with Crippen molar-refractivity contribution in [1.82, 2.24) is 0 Å². The third kappa shape index (κ3) is 14.3. The molecule has 0 amide bonds. The van der Waals surface area contributed by atoms with E-state index in [1.165, 1.54) is 0 Å². The standard InChI is InChI=1S/C19H42O7Si3/c1-15(2)17(21)24-18(16(3)22-14-12-20)23-13-10-11-19(27,25-28(4,5)6)26-29(7,8)9/h16,18,20H,1,10-14H2,2-9,27H3. The molecule has 0 aliphatic carbocycles. The second-order valence-electron chi connectivity index (χ2n) is 9.39. The molecule has 7 nitrogen and oxygen atoms in total. The van der Waals surface area contributed by atoms with E-state index in [1.54, 1.807) is 13.8 Å². The normalized spacial score (nSPS) is 15.2. The van der Waals surface area contributed by atoms with Crippen molar-refractivity contribution in [2.75, 3.05) is 19.8 Å². The largest absolute Gasteiger partial charge is 0.430 e. The molecule has 0 heterocycles. The summed E-state index contributed by atoms with van der Waals surface area (Å²) in [7, 11) is -2.79. The minimum Gasteiger partial charge on any atom is -0.430 e. The second-order valence-corrected chi connectivity index (χ2v) is 19.8. The van der Waals surface area contributed by atoms with E-state index in [-0.39, 0.29) is 13.2 Å². The fraction of sp³-hybridized carbons (Fsp3) is 0.842. The Bertz CT molecular complexity index is 499. The molecule has 0 bridgehead atoms. The van der Waals surface area contributed by atoms with Gasteiger partial charge in [-0.05, 0) is 66.0 Å². The average molecular weight is 467 g/mol. The van der Waals surface area contributed by atoms with Gasteiger partial charge in [0.15, 0.2) is 16.6 Å². The van der Waals surface area contributed by atoms with Crippen LogP contribution in [-0.2, 0) is 27.9 Å². The van der Waals surface area contributed by atoms with E-state index in [1.807, 2.05) is 0 Å². The molecule has 0 aromatic carbocycles. The Labute approximate surface area is 181 Å². The lowest BCUT2D eigenvalue weighted by Gasteiger charge is -2.41. The van der Waals surface area contributed by atoms with Crippen LogP contribution in [0.5, 0.6) is 0 Å². The first-order valence-electron chi connectivity index (χ1n) is 10.2. The summed E-state index contributed by atoms with van der Waals surface area (Å²) in [5, 5.41) is 8.95. The van der Waals surface area contributed by atoms with Gasteiger partial charge < -0.3 is 28.2 Å². The van der Waals surface area contributed by atoms with E-state index in [9.17, 15) is 4.79 Å². The lowest BCUT2D eigenvalue weighted by Crippen LogP contribution is -2.51. The zero-order chi connectivity index (χ0) is 22.9. The SMILES string of the molecule is C=C(C)C(=O)OC(OCCCC([SiH3])(O[Si](C)(C)C)O[Si](C)(C)C)C(C)OCCO. The van der Waals surface area contributed by atoms with Gasteiger partial charge in [-0.3, -0.25) is 0 Å². The van der Waals surface area contributed by atoms with Crippen LogP contribution in [0.15, 0.2) is 12.2 Å². The molecule has 0 saturated carbocycles. The average Bonchev–Trinajstić information content (AvgIpc) is 2.51. The minimum absolute atomic E-state index is 0.115. The van der Waals surface area contributed by atoms with Gasteiger partial charge in [0.25, 0.3) is 0 Å². The number of hydrogen-bond acceptors (Lipinski definition) is 7. The maximum Gasteiger partial charge on any atom is 0.335 e. The highest BCUT2D eigenvalue weighted by atomic mass is 28.4. The van der Waals surface area contributed by atoms with Crippen molar-refractivity contribution in [2.45, 2.75) is 83.8 Å². The third-order valence-corrected chi connectivity index (χ3v) is 7.34. The van der Waals surface area contributed by atoms with Crippen molar-refractivity contribution >= 4 is 32.8 Å². The third-order valence-electron chi connectivity index (χ3n) is 3.53. The first kappa shape index (κ1) is 28.7. The number of ether oxygens (including phenoxy) is 3. The highest BCUT2D eigenvalue weighted by Crippen LogP contribution is 2.26. The van der Waals surface area contributed by atoms with Crippen LogP contribution in [0.2, 0.25) is 39.3 Å². The van der Waals surface area contributed by atoms with E-state index >= 15 is 0 Å². The summed E-state index contributed by atoms with van der Waals surface area (Å²) in [4.78, 5) is 11.9. The smallest absolute Gasteiger partial charge is 0.335 e. The minimum atomic E-state index is -1.77. The van der Waals surface area contributed by atoms with Crippen LogP contribution in [0.25, 0.3) is 0 Å². The zero-order valence-corrected chi connectivity index (χ0v) is 23.8. The van der Waals surface area contributed by atoms with Gasteiger partial charge in [-0.1, -0.05) is 6.58 Å². The Morgan fingerprint density at radius 2 is 1.59 bits per heavy atom. The number of aliphatic hydroxyl groups is 1. The predicted octanol–water partition coefficient (Wildman–Crippen LogP) is 2.35. The topological polar surface area (TPSA) is 83.5 Å². The second kappa shape index (κ2) is 12.5. The van der Waals surface area contributed by atoms with E-state index in [0.29, 0.717) is 18.6 Å². The van der Waals surface area contributed by atoms with Crippen molar-refractivity contribution in [3.05, 3.63) is 12.2 Å². The van der Waals surface area contributed by atoms with Crippen LogP contribution >= 0.6 is 0 Å². The molecule has 0 aromatic rings. The van der Waals surface area contributed by atoms with Gasteiger partial charge >= 0.3 is 5.97 Å². The quantitative estimate of drug-likeness (QED) is 0.130. The molecule has 29 heavy (non-hydrogen) atoms. The number of carbonyl (C=O) groups excluding carboxylic acids is 1. The van der Waals surface area contributed by atoms with Crippen LogP contribution < -0.4 is 0 Å². The van der Waals surface area contributed by atoms with E-state index in [2.05, 4.69) is 45.9 Å². The van der Waals surface area contributed by atoms with Crippen LogP contribution in [0, 0.1) is 0 Å². The molecule has 0 saturated heterocycles. The molecular weight excluding hydrogens is 424 g/mol. The van der Waals surface area contributed by atoms with E-state index in [4.69, 9.17) is 28.2 Å². The van der Waals surface area contributed by atoms with Crippen molar-refractivity contribution in [1.29, 1.82) is 0 Å². The van der Waals surface area contributed by atoms with Gasteiger partial charge in [-0.25, -0.2) is 4.79 Å². The predicted molar refractivity (Wildman–Crippen MR) is 124 cm³/mol. The molecule has 0 aliphatic heterocycles. The summed E-state index contributed by atoms with van der Waals surface area (Å²) < 4.78 is 29.4. The number of rotatable bonds is 15. The molecule has 1 N–H and O–H groups in total. The first-order valence-corrected chi connectivity index (χ1v) is 18.0. The highest BCUT2D eigenvalue weighted by molar-refractivity contribution is 6.71. The maximum atomic E-state index is 11.9. The van der Waals surface area contributed by atoms with Gasteiger partial charge in [0, 0.05) is 5.57 Å². The Kier molecular flexibility index (Phi) is 12.4. The number of esters is 1. The molecule has 2 atom stereocenters. The molecule has 0 aliphatic rings. The molecule has 0 radical (unpaired) electrons. The fourth-order valence-electron chi connectivity index (χ4n) is 2.80. The van der Waals surface area contributed by atoms with Crippen LogP contribution in [-0.4, -0.2) is 75.6 Å². The summed E-state index contributed by atoms with van der Waals surface area (Å²) in [5.41, 5.74) is -0.236. The van der Waals surface area contributed by atoms with Crippen molar-refractivity contribution in [2.24, 2.45) is 0 Å². The lowest BCUT2D eigenvalue weighted by molar-refractivity contribution is -0.207. The van der Waals surface area contributed by atoms with Crippen molar-refractivity contribution in [3.8, 4) is 0 Å². The summed E-state index contributed by atoms with van der Waals surface area (Å²) in [5.74, 6) is -0.532. The molecular formula is C19H42O7Si3. The van der Waals surface area contributed by atoms with E-state index in [0.717, 1.165) is 16.7 Å². The molecule has 0 fully saturated rings. The van der Waals surface area contributed by atoms with Gasteiger partial charge in [0.1, 0.15) is 11.5 Å². The number of carbonyl (C=O) groups is 1. The van der Waals surface area contributed by atoms with Crippen molar-refractivity contribution in [3.63, 3.8) is 0 Å². The van der Waals surface area contributed by atoms with Crippen LogP contribution in [0.4, 0.5) is 0 Å². The Morgan fingerprint density at radius 3 is 2.00 bits per heavy atom. The number of aliphatic hydroxyl groups excluding tert-OH is 1. The zero-order valence-electron chi connectivity index (χ0n) is 19.8. The van der Waals surface area contributed by atoms with Gasteiger partial charge in [-0.15, -0.1) is 0 Å².